The van der Waals surface area contributed by atoms with Crippen molar-refractivity contribution in [1.82, 2.24) is 9.97 Å². The summed E-state index contributed by atoms with van der Waals surface area (Å²) in [6, 6.07) is 10.5. The van der Waals surface area contributed by atoms with E-state index in [1.807, 2.05) is 18.5 Å². The molecular formula is C19H16N2O. The van der Waals surface area contributed by atoms with Crippen molar-refractivity contribution in [3.8, 4) is 22.3 Å². The molecule has 22 heavy (non-hydrogen) atoms. The minimum atomic E-state index is 0.894. The van der Waals surface area contributed by atoms with Crippen molar-refractivity contribution in [3.63, 3.8) is 0 Å². The quantitative estimate of drug-likeness (QED) is 0.557. The number of benzene rings is 1. The van der Waals surface area contributed by atoms with Crippen LogP contribution >= 0.6 is 0 Å². The van der Waals surface area contributed by atoms with Crippen LogP contribution in [0.2, 0.25) is 0 Å². The van der Waals surface area contributed by atoms with Gasteiger partial charge in [-0.1, -0.05) is 18.2 Å². The van der Waals surface area contributed by atoms with Crippen molar-refractivity contribution in [2.24, 2.45) is 0 Å². The molecule has 3 heteroatoms. The molecule has 0 aliphatic heterocycles. The van der Waals surface area contributed by atoms with E-state index in [4.69, 9.17) is 4.42 Å². The van der Waals surface area contributed by atoms with Crippen LogP contribution in [-0.4, -0.2) is 9.97 Å². The first-order valence-electron chi connectivity index (χ1n) is 7.30. The molecule has 0 aliphatic carbocycles. The lowest BCUT2D eigenvalue weighted by molar-refractivity contribution is 0.568. The third kappa shape index (κ3) is 1.94. The molecule has 108 valence electrons. The largest absolute Gasteiger partial charge is 0.472 e. The number of nitrogens with zero attached hydrogens (tertiary/aromatic N) is 1. The number of nitrogens with one attached hydrogen (secondary N) is 1. The summed E-state index contributed by atoms with van der Waals surface area (Å²) in [5.74, 6) is 0. The first kappa shape index (κ1) is 12.9. The van der Waals surface area contributed by atoms with E-state index in [-0.39, 0.29) is 0 Å². The normalized spacial score (nSPS) is 11.2. The Bertz CT molecular complexity index is 949. The third-order valence-electron chi connectivity index (χ3n) is 4.28. The molecule has 3 nitrogen and oxygen atoms in total. The molecule has 3 heterocycles. The molecule has 0 saturated carbocycles. The van der Waals surface area contributed by atoms with Crippen molar-refractivity contribution < 1.29 is 4.42 Å². The number of aryl methyl sites for hydroxylation is 1. The lowest BCUT2D eigenvalue weighted by Crippen LogP contribution is -1.88. The second-order valence-corrected chi connectivity index (χ2v) is 5.58. The van der Waals surface area contributed by atoms with E-state index in [2.05, 4.69) is 48.1 Å². The summed E-state index contributed by atoms with van der Waals surface area (Å²) in [5.41, 5.74) is 8.03. The highest BCUT2D eigenvalue weighted by Gasteiger charge is 2.11. The summed E-state index contributed by atoms with van der Waals surface area (Å²) in [7, 11) is 0. The van der Waals surface area contributed by atoms with Gasteiger partial charge in [-0.2, -0.15) is 0 Å². The van der Waals surface area contributed by atoms with E-state index < -0.39 is 0 Å². The van der Waals surface area contributed by atoms with Gasteiger partial charge in [0.1, 0.15) is 5.65 Å². The minimum Gasteiger partial charge on any atom is -0.472 e. The monoisotopic (exact) mass is 288 g/mol. The van der Waals surface area contributed by atoms with Crippen molar-refractivity contribution >= 4 is 11.0 Å². The van der Waals surface area contributed by atoms with E-state index in [0.29, 0.717) is 0 Å². The van der Waals surface area contributed by atoms with E-state index in [9.17, 15) is 0 Å². The van der Waals surface area contributed by atoms with Crippen LogP contribution in [0.25, 0.3) is 33.3 Å². The van der Waals surface area contributed by atoms with Crippen LogP contribution in [-0.2, 0) is 0 Å². The molecule has 4 aromatic rings. The summed E-state index contributed by atoms with van der Waals surface area (Å²) >= 11 is 0. The number of furan rings is 1. The predicted octanol–water partition coefficient (Wildman–Crippen LogP) is 5.11. The Morgan fingerprint density at radius 2 is 1.95 bits per heavy atom. The highest BCUT2D eigenvalue weighted by molar-refractivity contribution is 5.95. The summed E-state index contributed by atoms with van der Waals surface area (Å²) in [6.07, 6.45) is 7.36. The molecule has 0 saturated heterocycles. The zero-order valence-electron chi connectivity index (χ0n) is 12.6. The van der Waals surface area contributed by atoms with Crippen molar-refractivity contribution in [1.29, 1.82) is 0 Å². The number of fused-ring (bicyclic) bond motifs is 1. The van der Waals surface area contributed by atoms with Crippen LogP contribution in [0.1, 0.15) is 11.1 Å². The number of pyridine rings is 1. The maximum Gasteiger partial charge on any atom is 0.137 e. The van der Waals surface area contributed by atoms with E-state index in [1.54, 1.807) is 12.5 Å². The fourth-order valence-electron chi connectivity index (χ4n) is 2.87. The lowest BCUT2D eigenvalue weighted by Gasteiger charge is -2.08. The van der Waals surface area contributed by atoms with Gasteiger partial charge in [0.2, 0.25) is 0 Å². The van der Waals surface area contributed by atoms with E-state index in [0.717, 1.165) is 27.7 Å². The summed E-state index contributed by atoms with van der Waals surface area (Å²) in [4.78, 5) is 7.80. The van der Waals surface area contributed by atoms with Crippen molar-refractivity contribution in [2.75, 3.05) is 0 Å². The van der Waals surface area contributed by atoms with E-state index in [1.165, 1.54) is 16.7 Å². The summed E-state index contributed by atoms with van der Waals surface area (Å²) in [5, 5.41) is 1.11. The SMILES string of the molecule is Cc1cccc(-c2cnc3[nH]cc(-c4ccoc4)c3c2)c1C. The van der Waals surface area contributed by atoms with Gasteiger partial charge in [-0.25, -0.2) is 4.98 Å². The van der Waals surface area contributed by atoms with Gasteiger partial charge in [-0.05, 0) is 42.7 Å². The molecule has 0 amide bonds. The highest BCUT2D eigenvalue weighted by atomic mass is 16.3. The highest BCUT2D eigenvalue weighted by Crippen LogP contribution is 2.32. The van der Waals surface area contributed by atoms with Gasteiger partial charge in [-0.3, -0.25) is 0 Å². The predicted molar refractivity (Wildman–Crippen MR) is 88.7 cm³/mol. The number of aromatic amines is 1. The topological polar surface area (TPSA) is 41.8 Å². The Hall–Kier alpha value is -2.81. The first-order chi connectivity index (χ1) is 10.7. The minimum absolute atomic E-state index is 0.894. The van der Waals surface area contributed by atoms with Crippen LogP contribution in [0, 0.1) is 13.8 Å². The number of hydrogen-bond acceptors (Lipinski definition) is 2. The molecule has 0 aliphatic rings. The molecule has 1 aromatic carbocycles. The first-order valence-corrected chi connectivity index (χ1v) is 7.30. The Balaban J connectivity index is 1.94. The standard InChI is InChI=1S/C19H16N2O/c1-12-4-3-5-16(13(12)2)15-8-17-18(14-6-7-22-11-14)10-21-19(17)20-9-15/h3-11H,1-2H3,(H,20,21). The second-order valence-electron chi connectivity index (χ2n) is 5.58. The van der Waals surface area contributed by atoms with Crippen LogP contribution in [0.5, 0.6) is 0 Å². The fourth-order valence-corrected chi connectivity index (χ4v) is 2.87. The molecule has 1 N–H and O–H groups in total. The Kier molecular flexibility index (Phi) is 2.86. The Morgan fingerprint density at radius 3 is 2.77 bits per heavy atom. The number of rotatable bonds is 2. The van der Waals surface area contributed by atoms with Crippen LogP contribution in [0.3, 0.4) is 0 Å². The molecule has 0 unspecified atom stereocenters. The maximum absolute atomic E-state index is 5.20. The van der Waals surface area contributed by atoms with Gasteiger partial charge in [0.15, 0.2) is 0 Å². The molecule has 0 radical (unpaired) electrons. The Morgan fingerprint density at radius 1 is 1.05 bits per heavy atom. The zero-order chi connectivity index (χ0) is 15.1. The smallest absolute Gasteiger partial charge is 0.137 e. The number of aromatic nitrogens is 2. The molecular weight excluding hydrogens is 272 g/mol. The Labute approximate surface area is 128 Å². The van der Waals surface area contributed by atoms with Crippen LogP contribution in [0.15, 0.2) is 59.7 Å². The lowest BCUT2D eigenvalue weighted by atomic mass is 9.97. The van der Waals surface area contributed by atoms with Gasteiger partial charge in [0.05, 0.1) is 12.5 Å². The summed E-state index contributed by atoms with van der Waals surface area (Å²) < 4.78 is 5.20. The van der Waals surface area contributed by atoms with Crippen molar-refractivity contribution in [3.05, 3.63) is 66.4 Å². The molecule has 0 fully saturated rings. The van der Waals surface area contributed by atoms with E-state index >= 15 is 0 Å². The number of H-pyrrole nitrogens is 1. The van der Waals surface area contributed by atoms with Gasteiger partial charge in [-0.15, -0.1) is 0 Å². The molecule has 0 atom stereocenters. The third-order valence-corrected chi connectivity index (χ3v) is 4.28. The average molecular weight is 288 g/mol. The van der Waals surface area contributed by atoms with Gasteiger partial charge >= 0.3 is 0 Å². The summed E-state index contributed by atoms with van der Waals surface area (Å²) in [6.45, 7) is 4.29. The maximum atomic E-state index is 5.20. The zero-order valence-corrected chi connectivity index (χ0v) is 12.6. The molecule has 0 bridgehead atoms. The van der Waals surface area contributed by atoms with Crippen molar-refractivity contribution in [2.45, 2.75) is 13.8 Å². The molecule has 0 spiro atoms. The number of hydrogen-bond donors (Lipinski definition) is 1. The van der Waals surface area contributed by atoms with Gasteiger partial charge in [0, 0.05) is 34.5 Å². The fraction of sp³-hybridized carbons (Fsp3) is 0.105. The molecule has 4 rings (SSSR count). The van der Waals surface area contributed by atoms with Gasteiger partial charge in [0.25, 0.3) is 0 Å². The molecule has 3 aromatic heterocycles. The van der Waals surface area contributed by atoms with Crippen LogP contribution in [0.4, 0.5) is 0 Å². The average Bonchev–Trinajstić information content (AvgIpc) is 3.18. The van der Waals surface area contributed by atoms with Crippen LogP contribution < -0.4 is 0 Å². The van der Waals surface area contributed by atoms with Gasteiger partial charge < -0.3 is 9.40 Å². The second kappa shape index (κ2) is 4.88.